The summed E-state index contributed by atoms with van der Waals surface area (Å²) in [5, 5.41) is 13.9. The van der Waals surface area contributed by atoms with Gasteiger partial charge in [-0.2, -0.15) is 9.78 Å². The Morgan fingerprint density at radius 3 is 2.12 bits per heavy atom. The average molecular weight is 377 g/mol. The zero-order chi connectivity index (χ0) is 18.2. The van der Waals surface area contributed by atoms with E-state index in [0.29, 0.717) is 21.8 Å². The summed E-state index contributed by atoms with van der Waals surface area (Å²) in [5.74, 6) is 0. The predicted octanol–water partition coefficient (Wildman–Crippen LogP) is 3.80. The van der Waals surface area contributed by atoms with Crippen molar-refractivity contribution < 1.29 is 18.3 Å². The maximum Gasteiger partial charge on any atom is 0.432 e. The Kier molecular flexibility index (Phi) is 4.36. The number of nitrogens with zero attached hydrogens (tertiary/aromatic N) is 2. The van der Waals surface area contributed by atoms with Gasteiger partial charge in [0.2, 0.25) is 0 Å². The van der Waals surface area contributed by atoms with Crippen LogP contribution >= 0.6 is 11.6 Å². The number of halogens is 1. The first-order valence-corrected chi connectivity index (χ1v) is 9.42. The van der Waals surface area contributed by atoms with Crippen LogP contribution in [0.15, 0.2) is 59.6 Å². The number of rotatable bonds is 3. The molecule has 128 valence electrons. The molecule has 0 saturated heterocycles. The maximum atomic E-state index is 11.6. The minimum Gasteiger partial charge on any atom is -0.463 e. The topological polar surface area (TPSA) is 89.3 Å². The van der Waals surface area contributed by atoms with Crippen LogP contribution in [0.2, 0.25) is 5.02 Å². The van der Waals surface area contributed by atoms with Crippen LogP contribution in [0, 0.1) is 0 Å². The van der Waals surface area contributed by atoms with Crippen molar-refractivity contribution in [3.63, 3.8) is 0 Å². The number of sulfone groups is 1. The number of aromatic nitrogens is 2. The van der Waals surface area contributed by atoms with Gasteiger partial charge in [-0.3, -0.25) is 0 Å². The molecule has 2 aromatic carbocycles. The Bertz CT molecular complexity index is 1040. The van der Waals surface area contributed by atoms with Crippen LogP contribution in [-0.2, 0) is 9.84 Å². The molecule has 1 N–H and O–H groups in total. The third-order valence-electron chi connectivity index (χ3n) is 3.62. The quantitative estimate of drug-likeness (QED) is 0.750. The molecule has 8 heteroatoms. The van der Waals surface area contributed by atoms with E-state index >= 15 is 0 Å². The molecule has 0 amide bonds. The van der Waals surface area contributed by atoms with Crippen molar-refractivity contribution in [2.45, 2.75) is 4.90 Å². The van der Waals surface area contributed by atoms with Crippen molar-refractivity contribution in [3.05, 3.63) is 59.8 Å². The molecular weight excluding hydrogens is 364 g/mol. The van der Waals surface area contributed by atoms with Gasteiger partial charge in [0.1, 0.15) is 5.69 Å². The van der Waals surface area contributed by atoms with Crippen LogP contribution in [-0.4, -0.2) is 35.7 Å². The fourth-order valence-electron chi connectivity index (χ4n) is 2.39. The highest BCUT2D eigenvalue weighted by Gasteiger charge is 2.17. The molecule has 0 unspecified atom stereocenters. The van der Waals surface area contributed by atoms with Crippen molar-refractivity contribution >= 4 is 27.5 Å². The highest BCUT2D eigenvalue weighted by atomic mass is 35.5. The van der Waals surface area contributed by atoms with Crippen LogP contribution in [0.25, 0.3) is 22.4 Å². The average Bonchev–Trinajstić information content (AvgIpc) is 3.00. The Labute approximate surface area is 149 Å². The molecule has 3 rings (SSSR count). The number of carboxylic acid groups (broad SMARTS) is 1. The molecule has 0 bridgehead atoms. The van der Waals surface area contributed by atoms with Gasteiger partial charge in [0, 0.05) is 28.6 Å². The smallest absolute Gasteiger partial charge is 0.432 e. The third kappa shape index (κ3) is 3.57. The van der Waals surface area contributed by atoms with Gasteiger partial charge in [-0.15, -0.1) is 0 Å². The molecular formula is C17H13ClN2O4S. The van der Waals surface area contributed by atoms with Crippen molar-refractivity contribution in [3.8, 4) is 22.4 Å². The Morgan fingerprint density at radius 2 is 1.60 bits per heavy atom. The third-order valence-corrected chi connectivity index (χ3v) is 5.00. The second kappa shape index (κ2) is 6.34. The SMILES string of the molecule is CS(=O)(=O)c1ccc(-c2nn(C(=O)O)cc2-c2ccc(Cl)cc2)cc1. The molecule has 3 aromatic rings. The first-order valence-electron chi connectivity index (χ1n) is 7.15. The van der Waals surface area contributed by atoms with E-state index in [9.17, 15) is 18.3 Å². The van der Waals surface area contributed by atoms with Crippen LogP contribution in [0.4, 0.5) is 4.79 Å². The minimum atomic E-state index is -3.31. The number of benzene rings is 2. The molecule has 0 fully saturated rings. The van der Waals surface area contributed by atoms with Gasteiger partial charge in [0.15, 0.2) is 9.84 Å². The van der Waals surface area contributed by atoms with E-state index in [-0.39, 0.29) is 4.90 Å². The van der Waals surface area contributed by atoms with Crippen LogP contribution < -0.4 is 0 Å². The Morgan fingerprint density at radius 1 is 1.04 bits per heavy atom. The van der Waals surface area contributed by atoms with E-state index in [4.69, 9.17) is 11.6 Å². The molecule has 1 aromatic heterocycles. The van der Waals surface area contributed by atoms with Crippen LogP contribution in [0.3, 0.4) is 0 Å². The summed E-state index contributed by atoms with van der Waals surface area (Å²) in [5.41, 5.74) is 2.40. The van der Waals surface area contributed by atoms with Gasteiger partial charge in [-0.1, -0.05) is 35.9 Å². The van der Waals surface area contributed by atoms with E-state index in [1.54, 1.807) is 36.4 Å². The minimum absolute atomic E-state index is 0.182. The lowest BCUT2D eigenvalue weighted by atomic mass is 10.0. The predicted molar refractivity (Wildman–Crippen MR) is 94.6 cm³/mol. The first kappa shape index (κ1) is 17.2. The zero-order valence-corrected chi connectivity index (χ0v) is 14.6. The number of carbonyl (C=O) groups is 1. The van der Waals surface area contributed by atoms with E-state index in [0.717, 1.165) is 16.5 Å². The summed E-state index contributed by atoms with van der Waals surface area (Å²) in [6.07, 6.45) is 1.32. The van der Waals surface area contributed by atoms with E-state index in [2.05, 4.69) is 5.10 Å². The largest absolute Gasteiger partial charge is 0.463 e. The highest BCUT2D eigenvalue weighted by molar-refractivity contribution is 7.90. The summed E-state index contributed by atoms with van der Waals surface area (Å²) in [7, 11) is -3.31. The molecule has 1 heterocycles. The standard InChI is InChI=1S/C17H13ClN2O4S/c1-25(23,24)14-8-4-12(5-9-14)16-15(10-20(19-16)17(21)22)11-2-6-13(18)7-3-11/h2-10H,1H3,(H,21,22). The van der Waals surface area contributed by atoms with Gasteiger partial charge in [-0.25, -0.2) is 13.2 Å². The van der Waals surface area contributed by atoms with E-state index in [1.807, 2.05) is 0 Å². The van der Waals surface area contributed by atoms with E-state index < -0.39 is 15.9 Å². The lowest BCUT2D eigenvalue weighted by Crippen LogP contribution is -2.07. The Hall–Kier alpha value is -2.64. The lowest BCUT2D eigenvalue weighted by Gasteiger charge is -2.04. The summed E-state index contributed by atoms with van der Waals surface area (Å²) in [4.78, 5) is 11.5. The van der Waals surface area contributed by atoms with Crippen LogP contribution in [0.1, 0.15) is 0 Å². The first-order chi connectivity index (χ1) is 11.8. The van der Waals surface area contributed by atoms with Gasteiger partial charge < -0.3 is 5.11 Å². The molecule has 0 aliphatic carbocycles. The lowest BCUT2D eigenvalue weighted by molar-refractivity contribution is 0.192. The fourth-order valence-corrected chi connectivity index (χ4v) is 3.14. The molecule has 0 aliphatic rings. The van der Waals surface area contributed by atoms with Crippen molar-refractivity contribution in [1.29, 1.82) is 0 Å². The monoisotopic (exact) mass is 376 g/mol. The van der Waals surface area contributed by atoms with Crippen molar-refractivity contribution in [2.75, 3.05) is 6.26 Å². The fraction of sp³-hybridized carbons (Fsp3) is 0.0588. The maximum absolute atomic E-state index is 11.6. The summed E-state index contributed by atoms with van der Waals surface area (Å²) < 4.78 is 24.0. The Balaban J connectivity index is 2.14. The van der Waals surface area contributed by atoms with Gasteiger partial charge in [0.05, 0.1) is 4.90 Å². The van der Waals surface area contributed by atoms with Crippen molar-refractivity contribution in [1.82, 2.24) is 9.78 Å². The second-order valence-electron chi connectivity index (χ2n) is 5.42. The second-order valence-corrected chi connectivity index (χ2v) is 7.87. The number of hydrogen-bond donors (Lipinski definition) is 1. The summed E-state index contributed by atoms with van der Waals surface area (Å²) in [6, 6.07) is 13.1. The number of hydrogen-bond acceptors (Lipinski definition) is 4. The van der Waals surface area contributed by atoms with Gasteiger partial charge in [0.25, 0.3) is 0 Å². The van der Waals surface area contributed by atoms with Gasteiger partial charge in [-0.05, 0) is 29.8 Å². The highest BCUT2D eigenvalue weighted by Crippen LogP contribution is 2.32. The van der Waals surface area contributed by atoms with Crippen molar-refractivity contribution in [2.24, 2.45) is 0 Å². The van der Waals surface area contributed by atoms with Gasteiger partial charge >= 0.3 is 6.09 Å². The summed E-state index contributed by atoms with van der Waals surface area (Å²) >= 11 is 5.90. The molecule has 0 radical (unpaired) electrons. The van der Waals surface area contributed by atoms with Crippen LogP contribution in [0.5, 0.6) is 0 Å². The normalized spacial score (nSPS) is 11.4. The molecule has 0 saturated carbocycles. The van der Waals surface area contributed by atoms with E-state index in [1.165, 1.54) is 18.3 Å². The zero-order valence-electron chi connectivity index (χ0n) is 13.0. The molecule has 6 nitrogen and oxygen atoms in total. The molecule has 25 heavy (non-hydrogen) atoms. The molecule has 0 atom stereocenters. The molecule has 0 aliphatic heterocycles. The summed E-state index contributed by atoms with van der Waals surface area (Å²) in [6.45, 7) is 0. The molecule has 0 spiro atoms.